The fourth-order valence-corrected chi connectivity index (χ4v) is 2.28. The van der Waals surface area contributed by atoms with E-state index in [1.54, 1.807) is 0 Å². The summed E-state index contributed by atoms with van der Waals surface area (Å²) in [6, 6.07) is 3.90. The minimum atomic E-state index is 0.468. The van der Waals surface area contributed by atoms with Crippen LogP contribution in [0.3, 0.4) is 0 Å². The Morgan fingerprint density at radius 2 is 2.30 bits per heavy atom. The van der Waals surface area contributed by atoms with E-state index in [4.69, 9.17) is 11.6 Å². The van der Waals surface area contributed by atoms with Crippen LogP contribution in [0.15, 0.2) is 16.7 Å². The summed E-state index contributed by atoms with van der Waals surface area (Å²) in [5.74, 6) is 0.468. The first-order chi connectivity index (χ1) is 4.72. The molecule has 1 heterocycles. The summed E-state index contributed by atoms with van der Waals surface area (Å²) in [5.41, 5.74) is 0.903. The van der Waals surface area contributed by atoms with Crippen molar-refractivity contribution in [2.24, 2.45) is 0 Å². The second-order valence-corrected chi connectivity index (χ2v) is 4.06. The number of halogens is 3. The summed E-state index contributed by atoms with van der Waals surface area (Å²) in [7, 11) is 0. The van der Waals surface area contributed by atoms with E-state index in [0.717, 1.165) is 13.9 Å². The van der Waals surface area contributed by atoms with Crippen LogP contribution in [-0.4, -0.2) is 4.98 Å². The Labute approximate surface area is 86.4 Å². The van der Waals surface area contributed by atoms with Crippen LogP contribution in [-0.2, 0) is 5.88 Å². The number of aromatic nitrogens is 1. The molecule has 1 rings (SSSR count). The average Bonchev–Trinajstić information content (AvgIpc) is 1.85. The molecule has 0 fully saturated rings. The molecule has 54 valence electrons. The summed E-state index contributed by atoms with van der Waals surface area (Å²) >= 11 is 11.1. The standard InChI is InChI=1S/C6H4BrClIN/c7-6-2-4(9)1-5(3-8)10-6/h1-2H,3H2. The van der Waals surface area contributed by atoms with Gasteiger partial charge in [0, 0.05) is 3.57 Å². The van der Waals surface area contributed by atoms with Gasteiger partial charge in [0.1, 0.15) is 4.60 Å². The van der Waals surface area contributed by atoms with Crippen LogP contribution in [0.1, 0.15) is 5.69 Å². The van der Waals surface area contributed by atoms with Crippen molar-refractivity contribution in [2.45, 2.75) is 5.88 Å². The van der Waals surface area contributed by atoms with E-state index in [1.807, 2.05) is 12.1 Å². The van der Waals surface area contributed by atoms with Crippen LogP contribution in [0, 0.1) is 3.57 Å². The Balaban J connectivity index is 3.06. The molecule has 0 saturated heterocycles. The predicted octanol–water partition coefficient (Wildman–Crippen LogP) is 3.19. The lowest BCUT2D eigenvalue weighted by Gasteiger charge is -1.96. The number of nitrogens with zero attached hydrogens (tertiary/aromatic N) is 1. The minimum absolute atomic E-state index is 0.468. The van der Waals surface area contributed by atoms with Crippen LogP contribution in [0.4, 0.5) is 0 Å². The molecule has 0 aliphatic carbocycles. The molecule has 0 radical (unpaired) electrons. The number of hydrogen-bond donors (Lipinski definition) is 0. The second kappa shape index (κ2) is 3.88. The van der Waals surface area contributed by atoms with Gasteiger partial charge in [0.25, 0.3) is 0 Å². The summed E-state index contributed by atoms with van der Waals surface area (Å²) in [6.45, 7) is 0. The van der Waals surface area contributed by atoms with Gasteiger partial charge >= 0.3 is 0 Å². The minimum Gasteiger partial charge on any atom is -0.245 e. The fourth-order valence-electron chi connectivity index (χ4n) is 0.585. The monoisotopic (exact) mass is 331 g/mol. The maximum Gasteiger partial charge on any atom is 0.107 e. The second-order valence-electron chi connectivity index (χ2n) is 1.73. The van der Waals surface area contributed by atoms with E-state index in [-0.39, 0.29) is 0 Å². The molecule has 0 spiro atoms. The van der Waals surface area contributed by atoms with Crippen LogP contribution in [0.2, 0.25) is 0 Å². The van der Waals surface area contributed by atoms with Crippen LogP contribution < -0.4 is 0 Å². The molecule has 0 amide bonds. The molecule has 0 atom stereocenters. The lowest BCUT2D eigenvalue weighted by Crippen LogP contribution is -1.86. The van der Waals surface area contributed by atoms with Gasteiger partial charge in [0.05, 0.1) is 11.6 Å². The van der Waals surface area contributed by atoms with Gasteiger partial charge in [0.2, 0.25) is 0 Å². The summed E-state index contributed by atoms with van der Waals surface area (Å²) in [6.07, 6.45) is 0. The zero-order valence-electron chi connectivity index (χ0n) is 4.94. The maximum atomic E-state index is 5.58. The number of hydrogen-bond acceptors (Lipinski definition) is 1. The Bertz CT molecular complexity index is 221. The average molecular weight is 332 g/mol. The first-order valence-corrected chi connectivity index (χ1v) is 5.01. The molecular formula is C6H4BrClIN. The van der Waals surface area contributed by atoms with E-state index in [1.165, 1.54) is 0 Å². The highest BCUT2D eigenvalue weighted by Crippen LogP contribution is 2.14. The molecule has 0 aliphatic rings. The lowest BCUT2D eigenvalue weighted by atomic mass is 10.4. The molecule has 4 heteroatoms. The van der Waals surface area contributed by atoms with Gasteiger partial charge in [-0.25, -0.2) is 4.98 Å². The summed E-state index contributed by atoms with van der Waals surface area (Å²) < 4.78 is 1.99. The normalized spacial score (nSPS) is 9.90. The van der Waals surface area contributed by atoms with Crippen molar-refractivity contribution < 1.29 is 0 Å². The highest BCUT2D eigenvalue weighted by molar-refractivity contribution is 14.1. The molecular weight excluding hydrogens is 328 g/mol. The first-order valence-electron chi connectivity index (χ1n) is 2.60. The lowest BCUT2D eigenvalue weighted by molar-refractivity contribution is 1.13. The van der Waals surface area contributed by atoms with E-state index < -0.39 is 0 Å². The largest absolute Gasteiger partial charge is 0.245 e. The van der Waals surface area contributed by atoms with E-state index in [0.29, 0.717) is 5.88 Å². The molecule has 0 aliphatic heterocycles. The molecule has 0 N–H and O–H groups in total. The van der Waals surface area contributed by atoms with E-state index >= 15 is 0 Å². The van der Waals surface area contributed by atoms with E-state index in [2.05, 4.69) is 43.5 Å². The Kier molecular flexibility index (Phi) is 3.39. The zero-order valence-corrected chi connectivity index (χ0v) is 9.44. The van der Waals surface area contributed by atoms with Crippen LogP contribution in [0.5, 0.6) is 0 Å². The van der Waals surface area contributed by atoms with Gasteiger partial charge in [-0.2, -0.15) is 0 Å². The van der Waals surface area contributed by atoms with Crippen molar-refractivity contribution in [3.63, 3.8) is 0 Å². The Morgan fingerprint density at radius 3 is 2.80 bits per heavy atom. The SMILES string of the molecule is ClCc1cc(I)cc(Br)n1. The molecule has 1 aromatic rings. The topological polar surface area (TPSA) is 12.9 Å². The summed E-state index contributed by atoms with van der Waals surface area (Å²) in [5, 5.41) is 0. The molecule has 0 unspecified atom stereocenters. The van der Waals surface area contributed by atoms with Crippen molar-refractivity contribution in [2.75, 3.05) is 0 Å². The van der Waals surface area contributed by atoms with Crippen LogP contribution >= 0.6 is 50.1 Å². The molecule has 1 aromatic heterocycles. The highest BCUT2D eigenvalue weighted by Gasteiger charge is 1.95. The molecule has 0 saturated carbocycles. The Hall–Kier alpha value is 0.650. The van der Waals surface area contributed by atoms with Gasteiger partial charge in [-0.3, -0.25) is 0 Å². The Morgan fingerprint density at radius 1 is 1.60 bits per heavy atom. The van der Waals surface area contributed by atoms with Gasteiger partial charge in [-0.1, -0.05) is 0 Å². The van der Waals surface area contributed by atoms with Gasteiger partial charge < -0.3 is 0 Å². The first kappa shape index (κ1) is 8.74. The van der Waals surface area contributed by atoms with Gasteiger partial charge in [-0.15, -0.1) is 11.6 Å². The highest BCUT2D eigenvalue weighted by atomic mass is 127. The number of rotatable bonds is 1. The van der Waals surface area contributed by atoms with Crippen molar-refractivity contribution >= 4 is 50.1 Å². The molecule has 0 bridgehead atoms. The van der Waals surface area contributed by atoms with Crippen molar-refractivity contribution in [3.8, 4) is 0 Å². The van der Waals surface area contributed by atoms with E-state index in [9.17, 15) is 0 Å². The summed E-state index contributed by atoms with van der Waals surface area (Å²) in [4.78, 5) is 4.13. The quantitative estimate of drug-likeness (QED) is 0.437. The van der Waals surface area contributed by atoms with Crippen molar-refractivity contribution in [3.05, 3.63) is 26.0 Å². The molecule has 0 aromatic carbocycles. The number of pyridine rings is 1. The predicted molar refractivity (Wildman–Crippen MR) is 54.2 cm³/mol. The third-order valence-corrected chi connectivity index (χ3v) is 2.25. The smallest absolute Gasteiger partial charge is 0.107 e. The van der Waals surface area contributed by atoms with Crippen molar-refractivity contribution in [1.29, 1.82) is 0 Å². The van der Waals surface area contributed by atoms with Crippen LogP contribution in [0.25, 0.3) is 0 Å². The van der Waals surface area contributed by atoms with Gasteiger partial charge in [-0.05, 0) is 50.7 Å². The maximum absolute atomic E-state index is 5.58. The van der Waals surface area contributed by atoms with Crippen molar-refractivity contribution in [1.82, 2.24) is 4.98 Å². The third kappa shape index (κ3) is 2.36. The van der Waals surface area contributed by atoms with Gasteiger partial charge in [0.15, 0.2) is 0 Å². The molecule has 1 nitrogen and oxygen atoms in total. The number of alkyl halides is 1. The zero-order chi connectivity index (χ0) is 7.56. The molecule has 10 heavy (non-hydrogen) atoms. The fraction of sp³-hybridized carbons (Fsp3) is 0.167. The third-order valence-electron chi connectivity index (χ3n) is 0.949.